The number of hydrogen-bond donors (Lipinski definition) is 1. The molecule has 7 nitrogen and oxygen atoms in total. The predicted molar refractivity (Wildman–Crippen MR) is 75.8 cm³/mol. The summed E-state index contributed by atoms with van der Waals surface area (Å²) in [5.41, 5.74) is 0.672. The second-order valence-corrected chi connectivity index (χ2v) is 5.33. The van der Waals surface area contributed by atoms with Crippen molar-refractivity contribution in [2.24, 2.45) is 13.0 Å². The van der Waals surface area contributed by atoms with E-state index in [1.165, 1.54) is 7.05 Å². The Labute approximate surface area is 121 Å². The Bertz CT molecular complexity index is 691. The van der Waals surface area contributed by atoms with Crippen LogP contribution in [0.15, 0.2) is 29.2 Å². The molecule has 1 saturated heterocycles. The molecule has 1 fully saturated rings. The summed E-state index contributed by atoms with van der Waals surface area (Å²) >= 11 is 0. The highest BCUT2D eigenvalue weighted by atomic mass is 16.2. The van der Waals surface area contributed by atoms with Gasteiger partial charge in [0.2, 0.25) is 5.82 Å². The minimum absolute atomic E-state index is 0.112. The number of rotatable bonds is 3. The van der Waals surface area contributed by atoms with E-state index in [9.17, 15) is 9.59 Å². The van der Waals surface area contributed by atoms with Crippen LogP contribution in [-0.2, 0) is 13.5 Å². The van der Waals surface area contributed by atoms with E-state index in [0.29, 0.717) is 19.0 Å². The van der Waals surface area contributed by atoms with E-state index < -0.39 is 0 Å². The number of hydrogen-bond acceptors (Lipinski definition) is 4. The lowest BCUT2D eigenvalue weighted by Crippen LogP contribution is -2.30. The first-order valence-corrected chi connectivity index (χ1v) is 6.96. The number of aromatic amines is 1. The molecule has 1 aliphatic rings. The lowest BCUT2D eigenvalue weighted by atomic mass is 10.0. The van der Waals surface area contributed by atoms with Crippen LogP contribution in [0.1, 0.15) is 22.7 Å². The van der Waals surface area contributed by atoms with Crippen molar-refractivity contribution >= 4 is 5.91 Å². The Morgan fingerprint density at radius 1 is 1.48 bits per heavy atom. The second-order valence-electron chi connectivity index (χ2n) is 5.33. The molecule has 2 aromatic heterocycles. The molecular weight excluding hydrogens is 270 g/mol. The summed E-state index contributed by atoms with van der Waals surface area (Å²) in [6.07, 6.45) is 3.59. The van der Waals surface area contributed by atoms with Gasteiger partial charge in [0.15, 0.2) is 0 Å². The fourth-order valence-electron chi connectivity index (χ4n) is 2.65. The number of H-pyrrole nitrogens is 1. The summed E-state index contributed by atoms with van der Waals surface area (Å²) in [4.78, 5) is 32.1. The average molecular weight is 287 g/mol. The molecule has 1 amide bonds. The maximum Gasteiger partial charge on any atom is 0.343 e. The Morgan fingerprint density at radius 2 is 2.33 bits per heavy atom. The molecule has 21 heavy (non-hydrogen) atoms. The highest BCUT2D eigenvalue weighted by Crippen LogP contribution is 2.20. The zero-order chi connectivity index (χ0) is 14.8. The minimum atomic E-state index is -0.373. The molecule has 0 spiro atoms. The van der Waals surface area contributed by atoms with Gasteiger partial charge in [-0.15, -0.1) is 5.10 Å². The summed E-state index contributed by atoms with van der Waals surface area (Å²) in [7, 11) is 1.52. The van der Waals surface area contributed by atoms with Crippen molar-refractivity contribution < 1.29 is 4.79 Å². The van der Waals surface area contributed by atoms with Crippen molar-refractivity contribution in [3.05, 3.63) is 46.4 Å². The van der Waals surface area contributed by atoms with Gasteiger partial charge in [-0.1, -0.05) is 6.07 Å². The molecule has 3 heterocycles. The van der Waals surface area contributed by atoms with Gasteiger partial charge in [-0.25, -0.2) is 9.48 Å². The summed E-state index contributed by atoms with van der Waals surface area (Å²) in [6.45, 7) is 1.36. The largest absolute Gasteiger partial charge is 0.343 e. The van der Waals surface area contributed by atoms with E-state index in [0.717, 1.165) is 23.2 Å². The summed E-state index contributed by atoms with van der Waals surface area (Å²) in [5, 5.41) is 3.91. The highest BCUT2D eigenvalue weighted by molar-refractivity contribution is 5.90. The van der Waals surface area contributed by atoms with Gasteiger partial charge < -0.3 is 4.90 Å². The molecule has 1 aliphatic heterocycles. The molecule has 1 unspecified atom stereocenters. The van der Waals surface area contributed by atoms with Crippen LogP contribution in [0.25, 0.3) is 0 Å². The van der Waals surface area contributed by atoms with E-state index in [2.05, 4.69) is 15.1 Å². The van der Waals surface area contributed by atoms with Gasteiger partial charge in [0, 0.05) is 32.0 Å². The third-order valence-electron chi connectivity index (χ3n) is 3.77. The van der Waals surface area contributed by atoms with Crippen molar-refractivity contribution in [3.8, 4) is 0 Å². The van der Waals surface area contributed by atoms with Crippen LogP contribution in [-0.4, -0.2) is 43.6 Å². The zero-order valence-corrected chi connectivity index (χ0v) is 11.8. The van der Waals surface area contributed by atoms with E-state index >= 15 is 0 Å². The van der Waals surface area contributed by atoms with Crippen LogP contribution < -0.4 is 5.69 Å². The number of aryl methyl sites for hydroxylation is 1. The Kier molecular flexibility index (Phi) is 3.55. The molecule has 110 valence electrons. The molecule has 0 saturated carbocycles. The van der Waals surface area contributed by atoms with E-state index in [-0.39, 0.29) is 17.4 Å². The van der Waals surface area contributed by atoms with Crippen LogP contribution in [0.5, 0.6) is 0 Å². The van der Waals surface area contributed by atoms with Gasteiger partial charge >= 0.3 is 5.69 Å². The van der Waals surface area contributed by atoms with E-state index in [1.54, 1.807) is 11.1 Å². The summed E-state index contributed by atoms with van der Waals surface area (Å²) < 4.78 is 1.13. The maximum absolute atomic E-state index is 12.3. The first kappa shape index (κ1) is 13.5. The number of nitrogens with zero attached hydrogens (tertiary/aromatic N) is 4. The number of aromatic nitrogens is 4. The molecule has 2 aromatic rings. The van der Waals surface area contributed by atoms with Gasteiger partial charge in [-0.2, -0.15) is 0 Å². The van der Waals surface area contributed by atoms with Crippen molar-refractivity contribution in [2.75, 3.05) is 13.1 Å². The smallest absolute Gasteiger partial charge is 0.336 e. The monoisotopic (exact) mass is 287 g/mol. The van der Waals surface area contributed by atoms with Gasteiger partial charge in [0.25, 0.3) is 5.91 Å². The molecule has 1 atom stereocenters. The quantitative estimate of drug-likeness (QED) is 0.874. The fraction of sp³-hybridized carbons (Fsp3) is 0.429. The van der Waals surface area contributed by atoms with Gasteiger partial charge in [0.1, 0.15) is 0 Å². The van der Waals surface area contributed by atoms with Crippen LogP contribution in [0.3, 0.4) is 0 Å². The van der Waals surface area contributed by atoms with Crippen LogP contribution in [0.2, 0.25) is 0 Å². The molecule has 0 aromatic carbocycles. The third-order valence-corrected chi connectivity index (χ3v) is 3.77. The molecule has 1 N–H and O–H groups in total. The normalized spacial score (nSPS) is 18.1. The standard InChI is InChI=1S/C14H17N5O2/c1-18-14(21)16-12(17-18)13(20)19-7-5-10(9-19)8-11-4-2-3-6-15-11/h2-4,6,10H,5,7-9H2,1H3,(H,16,17,21). The molecule has 0 radical (unpaired) electrons. The number of likely N-dealkylation sites (tertiary alicyclic amines) is 1. The van der Waals surface area contributed by atoms with Crippen molar-refractivity contribution in [1.29, 1.82) is 0 Å². The molecular formula is C14H17N5O2. The van der Waals surface area contributed by atoms with Crippen molar-refractivity contribution in [2.45, 2.75) is 12.8 Å². The van der Waals surface area contributed by atoms with E-state index in [1.807, 2.05) is 18.2 Å². The van der Waals surface area contributed by atoms with Gasteiger partial charge in [-0.05, 0) is 30.9 Å². The summed E-state index contributed by atoms with van der Waals surface area (Å²) in [5.74, 6) is 0.302. The third kappa shape index (κ3) is 2.86. The van der Waals surface area contributed by atoms with E-state index in [4.69, 9.17) is 0 Å². The number of carbonyl (C=O) groups is 1. The summed E-state index contributed by atoms with van der Waals surface area (Å²) in [6, 6.07) is 5.87. The number of carbonyl (C=O) groups excluding carboxylic acids is 1. The SMILES string of the molecule is Cn1nc(C(=O)N2CCC(Cc3ccccn3)C2)[nH]c1=O. The fourth-order valence-corrected chi connectivity index (χ4v) is 2.65. The molecule has 0 bridgehead atoms. The Hall–Kier alpha value is -2.44. The lowest BCUT2D eigenvalue weighted by Gasteiger charge is -2.14. The first-order valence-electron chi connectivity index (χ1n) is 6.96. The first-order chi connectivity index (χ1) is 10.1. The molecule has 0 aliphatic carbocycles. The lowest BCUT2D eigenvalue weighted by molar-refractivity contribution is 0.0774. The Morgan fingerprint density at radius 3 is 3.00 bits per heavy atom. The van der Waals surface area contributed by atoms with Gasteiger partial charge in [-0.3, -0.25) is 14.8 Å². The Balaban J connectivity index is 1.64. The van der Waals surface area contributed by atoms with Crippen molar-refractivity contribution in [1.82, 2.24) is 24.6 Å². The average Bonchev–Trinajstić information content (AvgIpc) is 3.07. The zero-order valence-electron chi connectivity index (χ0n) is 11.8. The van der Waals surface area contributed by atoms with Crippen LogP contribution in [0.4, 0.5) is 0 Å². The maximum atomic E-state index is 12.3. The van der Waals surface area contributed by atoms with Gasteiger partial charge in [0.05, 0.1) is 0 Å². The number of amides is 1. The van der Waals surface area contributed by atoms with Crippen LogP contribution >= 0.6 is 0 Å². The number of nitrogens with one attached hydrogen (secondary N) is 1. The second kappa shape index (κ2) is 5.51. The topological polar surface area (TPSA) is 83.9 Å². The molecule has 7 heteroatoms. The minimum Gasteiger partial charge on any atom is -0.336 e. The van der Waals surface area contributed by atoms with Crippen molar-refractivity contribution in [3.63, 3.8) is 0 Å². The van der Waals surface area contributed by atoms with Crippen LogP contribution in [0, 0.1) is 5.92 Å². The number of pyridine rings is 1. The highest BCUT2D eigenvalue weighted by Gasteiger charge is 2.29. The predicted octanol–water partition coefficient (Wildman–Crippen LogP) is 0.208. The molecule has 3 rings (SSSR count).